The topological polar surface area (TPSA) is 58.2 Å². The molecule has 1 saturated carbocycles. The van der Waals surface area contributed by atoms with Crippen LogP contribution in [0.25, 0.3) is 0 Å². The van der Waals surface area contributed by atoms with E-state index < -0.39 is 29.4 Å². The summed E-state index contributed by atoms with van der Waals surface area (Å²) in [4.78, 5) is 24.2. The summed E-state index contributed by atoms with van der Waals surface area (Å²) < 4.78 is 26.0. The van der Waals surface area contributed by atoms with Crippen LogP contribution in [-0.2, 0) is 9.59 Å². The van der Waals surface area contributed by atoms with Gasteiger partial charge in [-0.05, 0) is 36.8 Å². The van der Waals surface area contributed by atoms with Gasteiger partial charge in [-0.25, -0.2) is 8.78 Å². The van der Waals surface area contributed by atoms with E-state index >= 15 is 0 Å². The van der Waals surface area contributed by atoms with Crippen LogP contribution in [0.15, 0.2) is 42.5 Å². The average molecular weight is 351 g/mol. The standard InChI is InChI=1S/C17H13ClF2N2O2/c18-9-2-1-3-10(6-9)21-16(23)12-8-13(12)17(24)22-11-4-5-14(19)15(20)7-11/h1-7,12-13H,8H2,(H,21,23)(H,22,24). The van der Waals surface area contributed by atoms with Gasteiger partial charge in [0.2, 0.25) is 11.8 Å². The van der Waals surface area contributed by atoms with Crippen molar-refractivity contribution in [1.29, 1.82) is 0 Å². The monoisotopic (exact) mass is 350 g/mol. The average Bonchev–Trinajstić information content (AvgIpc) is 3.32. The minimum absolute atomic E-state index is 0.153. The number of hydrogen-bond donors (Lipinski definition) is 2. The third-order valence-corrected chi connectivity index (χ3v) is 3.98. The van der Waals surface area contributed by atoms with Crippen LogP contribution < -0.4 is 10.6 Å². The fourth-order valence-corrected chi connectivity index (χ4v) is 2.57. The third-order valence-electron chi connectivity index (χ3n) is 3.74. The van der Waals surface area contributed by atoms with Crippen molar-refractivity contribution in [2.24, 2.45) is 11.8 Å². The van der Waals surface area contributed by atoms with E-state index in [2.05, 4.69) is 10.6 Å². The van der Waals surface area contributed by atoms with E-state index in [9.17, 15) is 18.4 Å². The first-order chi connectivity index (χ1) is 11.4. The number of carbonyl (C=O) groups excluding carboxylic acids is 2. The van der Waals surface area contributed by atoms with Gasteiger partial charge in [0.1, 0.15) is 0 Å². The van der Waals surface area contributed by atoms with Crippen LogP contribution in [0, 0.1) is 23.5 Å². The summed E-state index contributed by atoms with van der Waals surface area (Å²) in [5.41, 5.74) is 0.707. The molecule has 2 aromatic carbocycles. The molecule has 0 spiro atoms. The Bertz CT molecular complexity index is 813. The van der Waals surface area contributed by atoms with E-state index in [1.807, 2.05) is 0 Å². The predicted molar refractivity (Wildman–Crippen MR) is 86.7 cm³/mol. The molecule has 3 rings (SSSR count). The van der Waals surface area contributed by atoms with E-state index in [1.165, 1.54) is 6.07 Å². The minimum Gasteiger partial charge on any atom is -0.326 e. The van der Waals surface area contributed by atoms with Crippen molar-refractivity contribution in [2.75, 3.05) is 10.6 Å². The third kappa shape index (κ3) is 3.71. The molecule has 124 valence electrons. The van der Waals surface area contributed by atoms with Crippen LogP contribution in [0.5, 0.6) is 0 Å². The number of nitrogens with one attached hydrogen (secondary N) is 2. The lowest BCUT2D eigenvalue weighted by atomic mass is 10.2. The fourth-order valence-electron chi connectivity index (χ4n) is 2.38. The molecule has 1 aliphatic carbocycles. The highest BCUT2D eigenvalue weighted by atomic mass is 35.5. The molecule has 2 aromatic rings. The molecule has 0 saturated heterocycles. The molecular weight excluding hydrogens is 338 g/mol. The zero-order valence-electron chi connectivity index (χ0n) is 12.4. The number of amides is 2. The molecule has 2 unspecified atom stereocenters. The van der Waals surface area contributed by atoms with Crippen LogP contribution in [0.4, 0.5) is 20.2 Å². The van der Waals surface area contributed by atoms with Crippen LogP contribution in [0.1, 0.15) is 6.42 Å². The number of hydrogen-bond acceptors (Lipinski definition) is 2. The van der Waals surface area contributed by atoms with Gasteiger partial charge in [0, 0.05) is 22.5 Å². The molecule has 0 heterocycles. The second-order valence-electron chi connectivity index (χ2n) is 5.57. The number of carbonyl (C=O) groups is 2. The predicted octanol–water partition coefficient (Wildman–Crippen LogP) is 3.83. The minimum atomic E-state index is -1.04. The van der Waals surface area contributed by atoms with E-state index in [-0.39, 0.29) is 11.6 Å². The van der Waals surface area contributed by atoms with Crippen molar-refractivity contribution < 1.29 is 18.4 Å². The Morgan fingerprint density at radius 2 is 1.54 bits per heavy atom. The maximum Gasteiger partial charge on any atom is 0.228 e. The number of benzene rings is 2. The van der Waals surface area contributed by atoms with Crippen molar-refractivity contribution >= 4 is 34.8 Å². The highest BCUT2D eigenvalue weighted by molar-refractivity contribution is 6.30. The van der Waals surface area contributed by atoms with Gasteiger partial charge in [0.05, 0.1) is 11.8 Å². The molecule has 1 fully saturated rings. The van der Waals surface area contributed by atoms with E-state index in [4.69, 9.17) is 11.6 Å². The van der Waals surface area contributed by atoms with Crippen LogP contribution in [0.2, 0.25) is 5.02 Å². The van der Waals surface area contributed by atoms with E-state index in [0.29, 0.717) is 17.1 Å². The molecule has 4 nitrogen and oxygen atoms in total. The molecule has 1 aliphatic rings. The maximum atomic E-state index is 13.1. The van der Waals surface area contributed by atoms with Gasteiger partial charge < -0.3 is 10.6 Å². The summed E-state index contributed by atoms with van der Waals surface area (Å²) in [6.07, 6.45) is 0.405. The van der Waals surface area contributed by atoms with Crippen LogP contribution in [0.3, 0.4) is 0 Å². The number of halogens is 3. The summed E-state index contributed by atoms with van der Waals surface area (Å²) >= 11 is 5.84. The lowest BCUT2D eigenvalue weighted by Crippen LogP contribution is -2.20. The summed E-state index contributed by atoms with van der Waals surface area (Å²) in [6, 6.07) is 9.79. The Labute approximate surface area is 141 Å². The molecule has 2 N–H and O–H groups in total. The van der Waals surface area contributed by atoms with Crippen molar-refractivity contribution in [3.8, 4) is 0 Å². The Morgan fingerprint density at radius 3 is 2.12 bits per heavy atom. The number of anilines is 2. The maximum absolute atomic E-state index is 13.1. The highest BCUT2D eigenvalue weighted by Gasteiger charge is 2.48. The zero-order valence-corrected chi connectivity index (χ0v) is 13.1. The molecule has 0 aromatic heterocycles. The smallest absolute Gasteiger partial charge is 0.228 e. The summed E-state index contributed by atoms with van der Waals surface area (Å²) in [5, 5.41) is 5.68. The lowest BCUT2D eigenvalue weighted by Gasteiger charge is -2.07. The Balaban J connectivity index is 1.57. The van der Waals surface area contributed by atoms with Gasteiger partial charge in [-0.2, -0.15) is 0 Å². The van der Waals surface area contributed by atoms with E-state index in [0.717, 1.165) is 12.1 Å². The van der Waals surface area contributed by atoms with Gasteiger partial charge in [-0.1, -0.05) is 17.7 Å². The molecule has 2 amide bonds. The number of rotatable bonds is 4. The Morgan fingerprint density at radius 1 is 0.917 bits per heavy atom. The van der Waals surface area contributed by atoms with Crippen molar-refractivity contribution in [2.45, 2.75) is 6.42 Å². The van der Waals surface area contributed by atoms with Crippen LogP contribution >= 0.6 is 11.6 Å². The van der Waals surface area contributed by atoms with Crippen molar-refractivity contribution in [1.82, 2.24) is 0 Å². The van der Waals surface area contributed by atoms with Crippen molar-refractivity contribution in [3.63, 3.8) is 0 Å². The molecule has 24 heavy (non-hydrogen) atoms. The normalized spacial score (nSPS) is 18.8. The largest absolute Gasteiger partial charge is 0.326 e. The zero-order chi connectivity index (χ0) is 17.3. The second-order valence-corrected chi connectivity index (χ2v) is 6.00. The summed E-state index contributed by atoms with van der Waals surface area (Å²) in [6.45, 7) is 0. The molecule has 2 atom stereocenters. The lowest BCUT2D eigenvalue weighted by molar-refractivity contribution is -0.122. The second kappa shape index (κ2) is 6.57. The summed E-state index contributed by atoms with van der Waals surface area (Å²) in [7, 11) is 0. The van der Waals surface area contributed by atoms with E-state index in [1.54, 1.807) is 24.3 Å². The molecule has 0 radical (unpaired) electrons. The Hall–Kier alpha value is -2.47. The fraction of sp³-hybridized carbons (Fsp3) is 0.176. The SMILES string of the molecule is O=C(Nc1cccc(Cl)c1)C1CC1C(=O)Nc1ccc(F)c(F)c1. The first kappa shape index (κ1) is 16.4. The quantitative estimate of drug-likeness (QED) is 0.880. The first-order valence-electron chi connectivity index (χ1n) is 7.26. The Kier molecular flexibility index (Phi) is 4.49. The van der Waals surface area contributed by atoms with Gasteiger partial charge in [0.15, 0.2) is 11.6 Å². The molecule has 0 aliphatic heterocycles. The van der Waals surface area contributed by atoms with Gasteiger partial charge in [-0.15, -0.1) is 0 Å². The molecule has 7 heteroatoms. The van der Waals surface area contributed by atoms with Gasteiger partial charge >= 0.3 is 0 Å². The highest BCUT2D eigenvalue weighted by Crippen LogP contribution is 2.40. The van der Waals surface area contributed by atoms with Crippen LogP contribution in [-0.4, -0.2) is 11.8 Å². The summed E-state index contributed by atoms with van der Waals surface area (Å²) in [5.74, 6) is -3.64. The molecule has 0 bridgehead atoms. The van der Waals surface area contributed by atoms with Gasteiger partial charge in [-0.3, -0.25) is 9.59 Å². The molecular formula is C17H13ClF2N2O2. The van der Waals surface area contributed by atoms with Gasteiger partial charge in [0.25, 0.3) is 0 Å². The van der Waals surface area contributed by atoms with Crippen molar-refractivity contribution in [3.05, 3.63) is 59.1 Å². The first-order valence-corrected chi connectivity index (χ1v) is 7.64.